The molecule has 2 amide bonds. The number of amides is 2. The van der Waals surface area contributed by atoms with Crippen molar-refractivity contribution in [2.75, 3.05) is 36.4 Å². The van der Waals surface area contributed by atoms with Crippen LogP contribution in [0.1, 0.15) is 17.3 Å². The van der Waals surface area contributed by atoms with Crippen molar-refractivity contribution in [2.24, 2.45) is 0 Å². The quantitative estimate of drug-likeness (QED) is 0.862. The molecule has 0 atom stereocenters. The topological polar surface area (TPSA) is 52.7 Å². The van der Waals surface area contributed by atoms with E-state index >= 15 is 0 Å². The van der Waals surface area contributed by atoms with Crippen molar-refractivity contribution >= 4 is 46.4 Å². The summed E-state index contributed by atoms with van der Waals surface area (Å²) in [6.45, 7) is 4.52. The van der Waals surface area contributed by atoms with Crippen LogP contribution >= 0.6 is 23.2 Å². The minimum atomic E-state index is -0.287. The maximum absolute atomic E-state index is 12.5. The number of nitrogens with zero attached hydrogens (tertiary/aromatic N) is 2. The second-order valence-corrected chi connectivity index (χ2v) is 6.97. The summed E-state index contributed by atoms with van der Waals surface area (Å²) in [7, 11) is 0. The van der Waals surface area contributed by atoms with Gasteiger partial charge in [-0.05, 0) is 36.4 Å². The number of carbonyl (C=O) groups is 2. The Hall–Kier alpha value is -2.24. The molecule has 1 saturated heterocycles. The first-order valence-electron chi connectivity index (χ1n) is 8.31. The molecule has 136 valence electrons. The molecule has 1 N–H and O–H groups in total. The zero-order chi connectivity index (χ0) is 18.7. The lowest BCUT2D eigenvalue weighted by Gasteiger charge is -2.35. The zero-order valence-corrected chi connectivity index (χ0v) is 15.8. The second kappa shape index (κ2) is 7.98. The van der Waals surface area contributed by atoms with Crippen LogP contribution in [-0.4, -0.2) is 42.9 Å². The molecule has 5 nitrogen and oxygen atoms in total. The summed E-state index contributed by atoms with van der Waals surface area (Å²) in [5.41, 5.74) is 2.07. The normalized spacial score (nSPS) is 14.3. The molecular formula is C19H19Cl2N3O2. The van der Waals surface area contributed by atoms with Crippen molar-refractivity contribution in [1.82, 2.24) is 4.90 Å². The van der Waals surface area contributed by atoms with E-state index in [0.717, 1.165) is 18.8 Å². The average molecular weight is 392 g/mol. The molecule has 0 bridgehead atoms. The van der Waals surface area contributed by atoms with E-state index in [2.05, 4.69) is 10.2 Å². The monoisotopic (exact) mass is 391 g/mol. The molecule has 0 aromatic heterocycles. The van der Waals surface area contributed by atoms with E-state index < -0.39 is 0 Å². The van der Waals surface area contributed by atoms with Crippen LogP contribution in [0.5, 0.6) is 0 Å². The summed E-state index contributed by atoms with van der Waals surface area (Å²) < 4.78 is 0. The van der Waals surface area contributed by atoms with Crippen LogP contribution in [0.3, 0.4) is 0 Å². The first-order chi connectivity index (χ1) is 12.4. The van der Waals surface area contributed by atoms with E-state index in [9.17, 15) is 9.59 Å². The van der Waals surface area contributed by atoms with Gasteiger partial charge in [0, 0.05) is 49.5 Å². The molecule has 1 fully saturated rings. The summed E-state index contributed by atoms with van der Waals surface area (Å²) >= 11 is 12.0. The lowest BCUT2D eigenvalue weighted by Crippen LogP contribution is -2.48. The number of nitrogens with one attached hydrogen (secondary N) is 1. The van der Waals surface area contributed by atoms with Crippen molar-refractivity contribution < 1.29 is 9.59 Å². The number of hydrogen-bond acceptors (Lipinski definition) is 3. The SMILES string of the molecule is CC(=O)N1CCN(c2cccc(NC(=O)c3ccc(Cl)cc3Cl)c2)CC1. The van der Waals surface area contributed by atoms with Gasteiger partial charge in [-0.3, -0.25) is 9.59 Å². The Morgan fingerprint density at radius 2 is 1.73 bits per heavy atom. The molecule has 2 aromatic rings. The Morgan fingerprint density at radius 3 is 2.38 bits per heavy atom. The van der Waals surface area contributed by atoms with Crippen molar-refractivity contribution in [1.29, 1.82) is 0 Å². The van der Waals surface area contributed by atoms with Gasteiger partial charge in [0.15, 0.2) is 0 Å². The summed E-state index contributed by atoms with van der Waals surface area (Å²) in [5, 5.41) is 3.66. The predicted octanol–water partition coefficient (Wildman–Crippen LogP) is 3.91. The Bertz CT molecular complexity index is 833. The average Bonchev–Trinajstić information content (AvgIpc) is 2.62. The van der Waals surface area contributed by atoms with Gasteiger partial charge in [-0.1, -0.05) is 29.3 Å². The molecule has 1 aliphatic heterocycles. The van der Waals surface area contributed by atoms with Gasteiger partial charge in [0.1, 0.15) is 0 Å². The fourth-order valence-corrected chi connectivity index (χ4v) is 3.43. The molecule has 1 aliphatic rings. The molecule has 0 aliphatic carbocycles. The molecule has 1 heterocycles. The van der Waals surface area contributed by atoms with Gasteiger partial charge in [-0.25, -0.2) is 0 Å². The lowest BCUT2D eigenvalue weighted by atomic mass is 10.2. The summed E-state index contributed by atoms with van der Waals surface area (Å²) in [5.74, 6) is -0.185. The van der Waals surface area contributed by atoms with Gasteiger partial charge >= 0.3 is 0 Å². The Labute approximate surface area is 162 Å². The van der Waals surface area contributed by atoms with Crippen LogP contribution in [0.2, 0.25) is 10.0 Å². The van der Waals surface area contributed by atoms with Crippen LogP contribution in [-0.2, 0) is 4.79 Å². The summed E-state index contributed by atoms with van der Waals surface area (Å²) in [6.07, 6.45) is 0. The van der Waals surface area contributed by atoms with Crippen molar-refractivity contribution in [3.63, 3.8) is 0 Å². The number of carbonyl (C=O) groups excluding carboxylic acids is 2. The maximum atomic E-state index is 12.5. The van der Waals surface area contributed by atoms with Gasteiger partial charge in [0.2, 0.25) is 5.91 Å². The Kier molecular flexibility index (Phi) is 5.69. The molecule has 0 radical (unpaired) electrons. The molecule has 0 unspecified atom stereocenters. The Morgan fingerprint density at radius 1 is 1.00 bits per heavy atom. The van der Waals surface area contributed by atoms with Crippen LogP contribution in [0.15, 0.2) is 42.5 Å². The highest BCUT2D eigenvalue weighted by molar-refractivity contribution is 6.37. The second-order valence-electron chi connectivity index (χ2n) is 6.12. The van der Waals surface area contributed by atoms with E-state index in [-0.39, 0.29) is 11.8 Å². The van der Waals surface area contributed by atoms with E-state index in [1.54, 1.807) is 25.1 Å². The van der Waals surface area contributed by atoms with Crippen LogP contribution in [0.4, 0.5) is 11.4 Å². The first-order valence-corrected chi connectivity index (χ1v) is 9.06. The van der Waals surface area contributed by atoms with Crippen LogP contribution < -0.4 is 10.2 Å². The number of anilines is 2. The van der Waals surface area contributed by atoms with Crippen LogP contribution in [0, 0.1) is 0 Å². The van der Waals surface area contributed by atoms with E-state index in [1.807, 2.05) is 29.2 Å². The number of halogens is 2. The smallest absolute Gasteiger partial charge is 0.257 e. The minimum Gasteiger partial charge on any atom is -0.368 e. The minimum absolute atomic E-state index is 0.102. The number of rotatable bonds is 3. The number of hydrogen-bond donors (Lipinski definition) is 1. The third-order valence-corrected chi connectivity index (χ3v) is 4.92. The molecule has 0 spiro atoms. The summed E-state index contributed by atoms with van der Waals surface area (Å²) in [6, 6.07) is 12.4. The molecule has 26 heavy (non-hydrogen) atoms. The third-order valence-electron chi connectivity index (χ3n) is 4.37. The van der Waals surface area contributed by atoms with E-state index in [0.29, 0.717) is 34.4 Å². The Balaban J connectivity index is 1.70. The summed E-state index contributed by atoms with van der Waals surface area (Å²) in [4.78, 5) is 27.9. The van der Waals surface area contributed by atoms with Gasteiger partial charge < -0.3 is 15.1 Å². The van der Waals surface area contributed by atoms with Gasteiger partial charge in [0.25, 0.3) is 5.91 Å². The molecule has 3 rings (SSSR count). The van der Waals surface area contributed by atoms with Gasteiger partial charge in [0.05, 0.1) is 10.6 Å². The molecular weight excluding hydrogens is 373 g/mol. The number of benzene rings is 2. The fraction of sp³-hybridized carbons (Fsp3) is 0.263. The highest BCUT2D eigenvalue weighted by Crippen LogP contribution is 2.24. The predicted molar refractivity (Wildman–Crippen MR) is 105 cm³/mol. The fourth-order valence-electron chi connectivity index (χ4n) is 2.93. The number of piperazine rings is 1. The maximum Gasteiger partial charge on any atom is 0.257 e. The van der Waals surface area contributed by atoms with E-state index in [4.69, 9.17) is 23.2 Å². The molecule has 7 heteroatoms. The molecule has 2 aromatic carbocycles. The van der Waals surface area contributed by atoms with Crippen molar-refractivity contribution in [3.05, 3.63) is 58.1 Å². The third kappa shape index (κ3) is 4.29. The van der Waals surface area contributed by atoms with Crippen LogP contribution in [0.25, 0.3) is 0 Å². The van der Waals surface area contributed by atoms with Gasteiger partial charge in [-0.15, -0.1) is 0 Å². The van der Waals surface area contributed by atoms with Gasteiger partial charge in [-0.2, -0.15) is 0 Å². The standard InChI is InChI=1S/C19H19Cl2N3O2/c1-13(25)23-7-9-24(10-8-23)16-4-2-3-15(12-16)22-19(26)17-6-5-14(20)11-18(17)21/h2-6,11-12H,7-10H2,1H3,(H,22,26). The van der Waals surface area contributed by atoms with Crippen molar-refractivity contribution in [3.8, 4) is 0 Å². The lowest BCUT2D eigenvalue weighted by molar-refractivity contribution is -0.129. The largest absolute Gasteiger partial charge is 0.368 e. The van der Waals surface area contributed by atoms with Crippen molar-refractivity contribution in [2.45, 2.75) is 6.92 Å². The first kappa shape index (κ1) is 18.5. The highest BCUT2D eigenvalue weighted by Gasteiger charge is 2.19. The molecule has 0 saturated carbocycles. The zero-order valence-electron chi connectivity index (χ0n) is 14.3. The highest BCUT2D eigenvalue weighted by atomic mass is 35.5. The van der Waals surface area contributed by atoms with E-state index in [1.165, 1.54) is 0 Å².